The van der Waals surface area contributed by atoms with E-state index < -0.39 is 0 Å². The molecule has 3 aromatic rings. The first-order valence-corrected chi connectivity index (χ1v) is 7.13. The van der Waals surface area contributed by atoms with Gasteiger partial charge in [-0.1, -0.05) is 19.1 Å². The average Bonchev–Trinajstić information content (AvgIpc) is 2.90. The van der Waals surface area contributed by atoms with Crippen LogP contribution >= 0.6 is 0 Å². The van der Waals surface area contributed by atoms with E-state index in [0.717, 1.165) is 17.7 Å². The maximum atomic E-state index is 12.4. The highest BCUT2D eigenvalue weighted by Crippen LogP contribution is 2.19. The van der Waals surface area contributed by atoms with Crippen molar-refractivity contribution in [2.75, 3.05) is 0 Å². The summed E-state index contributed by atoms with van der Waals surface area (Å²) in [6.45, 7) is 6.83. The quantitative estimate of drug-likeness (QED) is 0.742. The molecule has 0 saturated heterocycles. The van der Waals surface area contributed by atoms with Crippen LogP contribution in [0.25, 0.3) is 16.7 Å². The summed E-state index contributed by atoms with van der Waals surface area (Å²) < 4.78 is 3.38. The van der Waals surface area contributed by atoms with Crippen LogP contribution in [0, 0.1) is 13.8 Å². The second kappa shape index (κ2) is 5.16. The van der Waals surface area contributed by atoms with E-state index in [2.05, 4.69) is 30.0 Å². The van der Waals surface area contributed by atoms with Crippen LogP contribution in [0.4, 0.5) is 0 Å². The summed E-state index contributed by atoms with van der Waals surface area (Å²) in [7, 11) is 0. The van der Waals surface area contributed by atoms with E-state index in [1.165, 1.54) is 5.56 Å². The van der Waals surface area contributed by atoms with Crippen molar-refractivity contribution < 1.29 is 0 Å². The van der Waals surface area contributed by atoms with Crippen molar-refractivity contribution in [1.29, 1.82) is 0 Å². The first-order chi connectivity index (χ1) is 10.1. The zero-order valence-corrected chi connectivity index (χ0v) is 12.5. The fourth-order valence-electron chi connectivity index (χ4n) is 2.49. The second-order valence-corrected chi connectivity index (χ2v) is 5.26. The maximum Gasteiger partial charge on any atom is 0.264 e. The molecule has 2 heterocycles. The normalized spacial score (nSPS) is 11.2. The minimum absolute atomic E-state index is 0.0293. The van der Waals surface area contributed by atoms with E-state index in [1.807, 2.05) is 19.1 Å². The molecule has 0 fully saturated rings. The van der Waals surface area contributed by atoms with Crippen LogP contribution in [0.5, 0.6) is 0 Å². The number of nitrogens with zero attached hydrogens (tertiary/aromatic N) is 4. The lowest BCUT2D eigenvalue weighted by atomic mass is 10.1. The van der Waals surface area contributed by atoms with Gasteiger partial charge in [-0.05, 0) is 37.5 Å². The summed E-state index contributed by atoms with van der Waals surface area (Å²) in [4.78, 5) is 16.8. The first-order valence-electron chi connectivity index (χ1n) is 7.13. The third-order valence-corrected chi connectivity index (χ3v) is 3.82. The van der Waals surface area contributed by atoms with E-state index in [1.54, 1.807) is 21.8 Å². The van der Waals surface area contributed by atoms with Gasteiger partial charge in [0.1, 0.15) is 5.39 Å². The Morgan fingerprint density at radius 2 is 2.05 bits per heavy atom. The molecule has 3 rings (SSSR count). The monoisotopic (exact) mass is 282 g/mol. The van der Waals surface area contributed by atoms with Crippen LogP contribution in [-0.4, -0.2) is 19.3 Å². The molecule has 108 valence electrons. The fourth-order valence-corrected chi connectivity index (χ4v) is 2.49. The summed E-state index contributed by atoms with van der Waals surface area (Å²) in [5.74, 6) is 0. The summed E-state index contributed by atoms with van der Waals surface area (Å²) in [6.07, 6.45) is 4.12. The molecule has 0 saturated carbocycles. The van der Waals surface area contributed by atoms with Gasteiger partial charge in [-0.25, -0.2) is 9.67 Å². The largest absolute Gasteiger partial charge is 0.299 e. The molecule has 21 heavy (non-hydrogen) atoms. The Bertz CT molecular complexity index is 860. The molecule has 2 aromatic heterocycles. The summed E-state index contributed by atoms with van der Waals surface area (Å²) >= 11 is 0. The van der Waals surface area contributed by atoms with Crippen molar-refractivity contribution in [3.05, 3.63) is 52.2 Å². The fraction of sp³-hybridized carbons (Fsp3) is 0.312. The smallest absolute Gasteiger partial charge is 0.264 e. The Balaban J connectivity index is 2.24. The Hall–Kier alpha value is -2.43. The Labute approximate surface area is 122 Å². The van der Waals surface area contributed by atoms with E-state index >= 15 is 0 Å². The number of aryl methyl sites for hydroxylation is 2. The number of hydrogen-bond donors (Lipinski definition) is 0. The van der Waals surface area contributed by atoms with Gasteiger partial charge in [0.15, 0.2) is 5.65 Å². The molecule has 5 heteroatoms. The molecule has 0 unspecified atom stereocenters. The average molecular weight is 282 g/mol. The van der Waals surface area contributed by atoms with Crippen molar-refractivity contribution in [1.82, 2.24) is 19.3 Å². The van der Waals surface area contributed by atoms with Crippen LogP contribution in [-0.2, 0) is 6.54 Å². The summed E-state index contributed by atoms with van der Waals surface area (Å²) in [5, 5.41) is 4.93. The molecule has 0 spiro atoms. The van der Waals surface area contributed by atoms with Crippen molar-refractivity contribution in [2.45, 2.75) is 33.7 Å². The second-order valence-electron chi connectivity index (χ2n) is 5.26. The van der Waals surface area contributed by atoms with Crippen LogP contribution in [0.15, 0.2) is 35.5 Å². The van der Waals surface area contributed by atoms with Gasteiger partial charge in [0.2, 0.25) is 0 Å². The molecule has 0 aliphatic rings. The molecular formula is C16H18N4O. The van der Waals surface area contributed by atoms with E-state index in [4.69, 9.17) is 0 Å². The van der Waals surface area contributed by atoms with Gasteiger partial charge in [0, 0.05) is 6.54 Å². The third-order valence-electron chi connectivity index (χ3n) is 3.82. The van der Waals surface area contributed by atoms with Crippen LogP contribution in [0.2, 0.25) is 0 Å². The molecule has 0 bridgehead atoms. The molecule has 0 aliphatic carbocycles. The van der Waals surface area contributed by atoms with Crippen molar-refractivity contribution in [2.24, 2.45) is 0 Å². The van der Waals surface area contributed by atoms with E-state index in [-0.39, 0.29) is 5.56 Å². The lowest BCUT2D eigenvalue weighted by Gasteiger charge is -2.09. The van der Waals surface area contributed by atoms with Crippen LogP contribution in [0.1, 0.15) is 24.5 Å². The molecule has 0 amide bonds. The minimum Gasteiger partial charge on any atom is -0.299 e. The standard InChI is InChI=1S/C16H18N4O/c1-4-8-19-10-17-15-13(16(19)21)9-18-20(15)14-7-5-6-11(2)12(14)3/h5-7,9-10H,4,8H2,1-3H3. The molecule has 1 aromatic carbocycles. The molecule has 0 N–H and O–H groups in total. The summed E-state index contributed by atoms with van der Waals surface area (Å²) in [6, 6.07) is 6.05. The van der Waals surface area contributed by atoms with E-state index in [9.17, 15) is 4.79 Å². The molecular weight excluding hydrogens is 264 g/mol. The molecule has 0 aliphatic heterocycles. The van der Waals surface area contributed by atoms with Gasteiger partial charge in [-0.15, -0.1) is 0 Å². The van der Waals surface area contributed by atoms with E-state index in [0.29, 0.717) is 17.6 Å². The number of benzene rings is 1. The number of fused-ring (bicyclic) bond motifs is 1. The number of rotatable bonds is 3. The SMILES string of the molecule is CCCn1cnc2c(cnn2-c2cccc(C)c2C)c1=O. The van der Waals surface area contributed by atoms with Gasteiger partial charge < -0.3 is 0 Å². The minimum atomic E-state index is -0.0293. The number of hydrogen-bond acceptors (Lipinski definition) is 3. The summed E-state index contributed by atoms with van der Waals surface area (Å²) in [5.41, 5.74) is 3.88. The molecule has 5 nitrogen and oxygen atoms in total. The Kier molecular flexibility index (Phi) is 3.33. The predicted molar refractivity (Wildman–Crippen MR) is 82.9 cm³/mol. The zero-order chi connectivity index (χ0) is 15.0. The Morgan fingerprint density at radius 3 is 2.81 bits per heavy atom. The zero-order valence-electron chi connectivity index (χ0n) is 12.5. The highest BCUT2D eigenvalue weighted by Gasteiger charge is 2.13. The third kappa shape index (κ3) is 2.14. The topological polar surface area (TPSA) is 52.7 Å². The number of aromatic nitrogens is 4. The molecule has 0 radical (unpaired) electrons. The lowest BCUT2D eigenvalue weighted by Crippen LogP contribution is -2.20. The van der Waals surface area contributed by atoms with Crippen LogP contribution < -0.4 is 5.56 Å². The van der Waals surface area contributed by atoms with Gasteiger partial charge in [0.25, 0.3) is 5.56 Å². The lowest BCUT2D eigenvalue weighted by molar-refractivity contribution is 0.647. The first kappa shape index (κ1) is 13.5. The van der Waals surface area contributed by atoms with Gasteiger partial charge in [-0.2, -0.15) is 5.10 Å². The van der Waals surface area contributed by atoms with Gasteiger partial charge >= 0.3 is 0 Å². The van der Waals surface area contributed by atoms with Gasteiger partial charge in [-0.3, -0.25) is 9.36 Å². The van der Waals surface area contributed by atoms with Crippen molar-refractivity contribution in [3.63, 3.8) is 0 Å². The maximum absolute atomic E-state index is 12.4. The van der Waals surface area contributed by atoms with Crippen molar-refractivity contribution in [3.8, 4) is 5.69 Å². The van der Waals surface area contributed by atoms with Gasteiger partial charge in [0.05, 0.1) is 18.2 Å². The highest BCUT2D eigenvalue weighted by molar-refractivity contribution is 5.75. The van der Waals surface area contributed by atoms with Crippen molar-refractivity contribution >= 4 is 11.0 Å². The van der Waals surface area contributed by atoms with Crippen LogP contribution in [0.3, 0.4) is 0 Å². The predicted octanol–water partition coefficient (Wildman–Crippen LogP) is 2.61. The molecule has 0 atom stereocenters. The highest BCUT2D eigenvalue weighted by atomic mass is 16.1. The Morgan fingerprint density at radius 1 is 1.24 bits per heavy atom.